The quantitative estimate of drug-likeness (QED) is 0.737. The number of amides is 2. The molecule has 0 atom stereocenters. The molecule has 3 heterocycles. The van der Waals surface area contributed by atoms with Gasteiger partial charge in [0.2, 0.25) is 5.91 Å². The Bertz CT molecular complexity index is 851. The Morgan fingerprint density at radius 3 is 2.23 bits per heavy atom. The van der Waals surface area contributed by atoms with Gasteiger partial charge >= 0.3 is 0 Å². The van der Waals surface area contributed by atoms with Crippen LogP contribution in [0.2, 0.25) is 0 Å². The molecule has 8 heteroatoms. The van der Waals surface area contributed by atoms with Gasteiger partial charge in [-0.25, -0.2) is 13.8 Å². The lowest BCUT2D eigenvalue weighted by molar-refractivity contribution is -0.148. The van der Waals surface area contributed by atoms with Crippen LogP contribution in [0.15, 0.2) is 12.3 Å². The summed E-state index contributed by atoms with van der Waals surface area (Å²) in [7, 11) is 0. The first-order valence-corrected chi connectivity index (χ1v) is 11.6. The van der Waals surface area contributed by atoms with Crippen LogP contribution in [0.3, 0.4) is 0 Å². The molecule has 2 saturated heterocycles. The van der Waals surface area contributed by atoms with E-state index in [4.69, 9.17) is 0 Å². The normalized spacial score (nSPS) is 24.7. The van der Waals surface area contributed by atoms with Gasteiger partial charge in [-0.3, -0.25) is 14.5 Å². The number of piperidine rings is 1. The number of piperazine rings is 1. The van der Waals surface area contributed by atoms with E-state index in [9.17, 15) is 18.4 Å². The van der Waals surface area contributed by atoms with Gasteiger partial charge in [-0.05, 0) is 43.9 Å². The molecule has 6 nitrogen and oxygen atoms in total. The van der Waals surface area contributed by atoms with Gasteiger partial charge in [0, 0.05) is 57.3 Å². The molecule has 0 bridgehead atoms. The monoisotopic (exact) mass is 432 g/mol. The number of likely N-dealkylation sites (tertiary alicyclic amines) is 1. The summed E-state index contributed by atoms with van der Waals surface area (Å²) >= 11 is 0. The summed E-state index contributed by atoms with van der Waals surface area (Å²) in [5, 5.41) is 0. The Labute approximate surface area is 181 Å². The van der Waals surface area contributed by atoms with E-state index < -0.39 is 17.5 Å². The van der Waals surface area contributed by atoms with Crippen molar-refractivity contribution < 1.29 is 18.4 Å². The zero-order valence-electron chi connectivity index (χ0n) is 17.9. The number of rotatable bonds is 3. The molecule has 0 N–H and O–H groups in total. The molecule has 2 amide bonds. The average Bonchev–Trinajstić information content (AvgIpc) is 2.70. The van der Waals surface area contributed by atoms with Gasteiger partial charge < -0.3 is 9.80 Å². The fraction of sp³-hybridized carbons (Fsp3) is 0.696. The Morgan fingerprint density at radius 2 is 1.65 bits per heavy atom. The summed E-state index contributed by atoms with van der Waals surface area (Å²) in [5.74, 6) is -1.79. The second kappa shape index (κ2) is 8.11. The molecule has 0 unspecified atom stereocenters. The maximum Gasteiger partial charge on any atom is 0.275 e. The van der Waals surface area contributed by atoms with Gasteiger partial charge in [-0.15, -0.1) is 0 Å². The molecule has 0 radical (unpaired) electrons. The Morgan fingerprint density at radius 1 is 0.968 bits per heavy atom. The van der Waals surface area contributed by atoms with Crippen molar-refractivity contribution >= 4 is 11.8 Å². The smallest absolute Gasteiger partial charge is 0.275 e. The summed E-state index contributed by atoms with van der Waals surface area (Å²) in [5.41, 5.74) is -0.195. The van der Waals surface area contributed by atoms with Crippen LogP contribution in [0, 0.1) is 23.0 Å². The van der Waals surface area contributed by atoms with Gasteiger partial charge in [0.05, 0.1) is 6.20 Å². The van der Waals surface area contributed by atoms with Crippen LogP contribution < -0.4 is 0 Å². The number of aromatic nitrogens is 1. The van der Waals surface area contributed by atoms with Crippen molar-refractivity contribution in [3.63, 3.8) is 0 Å². The van der Waals surface area contributed by atoms with E-state index >= 15 is 0 Å². The van der Waals surface area contributed by atoms with Crippen LogP contribution in [0.25, 0.3) is 0 Å². The van der Waals surface area contributed by atoms with Crippen LogP contribution in [-0.4, -0.2) is 76.8 Å². The minimum absolute atomic E-state index is 0.105. The summed E-state index contributed by atoms with van der Waals surface area (Å²) in [6, 6.07) is 1.44. The molecule has 2 aliphatic carbocycles. The Kier molecular flexibility index (Phi) is 5.44. The highest BCUT2D eigenvalue weighted by molar-refractivity contribution is 5.92. The first kappa shape index (κ1) is 20.8. The third-order valence-electron chi connectivity index (χ3n) is 8.05. The van der Waals surface area contributed by atoms with Crippen molar-refractivity contribution in [2.75, 3.05) is 39.3 Å². The fourth-order valence-corrected chi connectivity index (χ4v) is 5.79. The lowest BCUT2D eigenvalue weighted by atomic mass is 9.57. The van der Waals surface area contributed by atoms with Crippen molar-refractivity contribution in [1.82, 2.24) is 19.7 Å². The van der Waals surface area contributed by atoms with Gasteiger partial charge in [-0.1, -0.05) is 6.42 Å². The van der Waals surface area contributed by atoms with Crippen molar-refractivity contribution in [2.24, 2.45) is 11.3 Å². The molecule has 1 spiro atoms. The molecule has 31 heavy (non-hydrogen) atoms. The molecular formula is C23H30F2N4O2. The van der Waals surface area contributed by atoms with E-state index in [0.29, 0.717) is 25.1 Å². The number of nitrogens with zero attached hydrogens (tertiary/aromatic N) is 4. The Hall–Kier alpha value is -2.09. The van der Waals surface area contributed by atoms with Crippen LogP contribution in [0.5, 0.6) is 0 Å². The number of carbonyl (C=O) groups excluding carboxylic acids is 2. The highest BCUT2D eigenvalue weighted by Crippen LogP contribution is 2.53. The largest absolute Gasteiger partial charge is 0.340 e. The van der Waals surface area contributed by atoms with E-state index in [1.807, 2.05) is 4.90 Å². The minimum Gasteiger partial charge on any atom is -0.340 e. The van der Waals surface area contributed by atoms with Gasteiger partial charge in [0.15, 0.2) is 11.5 Å². The molecule has 2 aliphatic heterocycles. The molecule has 1 aromatic heterocycles. The second-order valence-electron chi connectivity index (χ2n) is 9.83. The third-order valence-corrected chi connectivity index (χ3v) is 8.05. The lowest BCUT2D eigenvalue weighted by Crippen LogP contribution is -2.57. The van der Waals surface area contributed by atoms with Crippen LogP contribution in [0.1, 0.15) is 55.4 Å². The minimum atomic E-state index is -0.919. The van der Waals surface area contributed by atoms with E-state index in [0.717, 1.165) is 64.1 Å². The molecule has 2 saturated carbocycles. The number of pyridine rings is 1. The summed E-state index contributed by atoms with van der Waals surface area (Å²) in [4.78, 5) is 35.4. The van der Waals surface area contributed by atoms with Crippen LogP contribution >= 0.6 is 0 Å². The maximum atomic E-state index is 13.9. The first-order valence-electron chi connectivity index (χ1n) is 11.6. The molecular weight excluding hydrogens is 402 g/mol. The zero-order valence-corrected chi connectivity index (χ0v) is 17.9. The van der Waals surface area contributed by atoms with E-state index in [-0.39, 0.29) is 17.0 Å². The van der Waals surface area contributed by atoms with Gasteiger partial charge in [0.1, 0.15) is 5.82 Å². The van der Waals surface area contributed by atoms with Crippen LogP contribution in [0.4, 0.5) is 8.78 Å². The number of hydrogen-bond acceptors (Lipinski definition) is 4. The molecule has 4 fully saturated rings. The number of carbonyl (C=O) groups is 2. The predicted molar refractivity (Wildman–Crippen MR) is 110 cm³/mol. The topological polar surface area (TPSA) is 56.8 Å². The zero-order chi connectivity index (χ0) is 21.6. The van der Waals surface area contributed by atoms with Crippen LogP contribution in [-0.2, 0) is 4.79 Å². The SMILES string of the molecule is O=C(c1ncc(F)cc1F)N1CCC2(CC1)CC(C(=O)N1CCN(C3CCC3)CC1)C2. The lowest BCUT2D eigenvalue weighted by Gasteiger charge is -2.53. The highest BCUT2D eigenvalue weighted by atomic mass is 19.1. The first-order chi connectivity index (χ1) is 14.9. The van der Waals surface area contributed by atoms with E-state index in [1.54, 1.807) is 4.90 Å². The second-order valence-corrected chi connectivity index (χ2v) is 9.83. The fourth-order valence-electron chi connectivity index (χ4n) is 5.79. The summed E-state index contributed by atoms with van der Waals surface area (Å²) in [6.07, 6.45) is 8.24. The predicted octanol–water partition coefficient (Wildman–Crippen LogP) is 2.69. The van der Waals surface area contributed by atoms with E-state index in [2.05, 4.69) is 9.88 Å². The van der Waals surface area contributed by atoms with E-state index in [1.165, 1.54) is 19.3 Å². The summed E-state index contributed by atoms with van der Waals surface area (Å²) in [6.45, 7) is 4.74. The molecule has 4 aliphatic rings. The van der Waals surface area contributed by atoms with Crippen molar-refractivity contribution in [3.8, 4) is 0 Å². The molecule has 1 aromatic rings. The Balaban J connectivity index is 1.09. The molecule has 0 aromatic carbocycles. The van der Waals surface area contributed by atoms with Crippen molar-refractivity contribution in [1.29, 1.82) is 0 Å². The van der Waals surface area contributed by atoms with Crippen molar-refractivity contribution in [2.45, 2.75) is 51.0 Å². The summed E-state index contributed by atoms with van der Waals surface area (Å²) < 4.78 is 27.0. The van der Waals surface area contributed by atoms with Gasteiger partial charge in [-0.2, -0.15) is 0 Å². The number of halogens is 2. The highest BCUT2D eigenvalue weighted by Gasteiger charge is 2.50. The van der Waals surface area contributed by atoms with Gasteiger partial charge in [0.25, 0.3) is 5.91 Å². The third kappa shape index (κ3) is 3.95. The maximum absolute atomic E-state index is 13.9. The molecule has 5 rings (SSSR count). The number of hydrogen-bond donors (Lipinski definition) is 0. The van der Waals surface area contributed by atoms with Crippen molar-refractivity contribution in [3.05, 3.63) is 29.6 Å². The average molecular weight is 433 g/mol. The standard InChI is InChI=1S/C23H30F2N4O2/c24-17-12-19(25)20(26-15-17)22(31)28-6-4-23(5-7-28)13-16(14-23)21(30)29-10-8-27(9-11-29)18-2-1-3-18/h12,15-16,18H,1-11,13-14H2. The molecule has 168 valence electrons.